The quantitative estimate of drug-likeness (QED) is 0.336. The van der Waals surface area contributed by atoms with Crippen LogP contribution in [0.1, 0.15) is 6.92 Å². The highest BCUT2D eigenvalue weighted by molar-refractivity contribution is 14.1. The Balaban J connectivity index is 2.72. The summed E-state index contributed by atoms with van der Waals surface area (Å²) < 4.78 is 5.37. The van der Waals surface area contributed by atoms with E-state index >= 15 is 0 Å². The van der Waals surface area contributed by atoms with Crippen molar-refractivity contribution in [1.82, 2.24) is 5.32 Å². The summed E-state index contributed by atoms with van der Waals surface area (Å²) in [6, 6.07) is 0. The molecule has 0 rings (SSSR count). The van der Waals surface area contributed by atoms with Gasteiger partial charge in [-0.1, -0.05) is 22.6 Å². The van der Waals surface area contributed by atoms with Crippen molar-refractivity contribution in [2.75, 3.05) is 20.3 Å². The molecule has 2 nitrogen and oxygen atoms in total. The molecule has 0 radical (unpaired) electrons. The van der Waals surface area contributed by atoms with E-state index in [1.165, 1.54) is 0 Å². The second-order valence-corrected chi connectivity index (χ2v) is 3.43. The molecule has 8 heavy (non-hydrogen) atoms. The van der Waals surface area contributed by atoms with Gasteiger partial charge in [-0.15, -0.1) is 0 Å². The zero-order valence-corrected chi connectivity index (χ0v) is 7.44. The van der Waals surface area contributed by atoms with Gasteiger partial charge >= 0.3 is 0 Å². The van der Waals surface area contributed by atoms with Crippen LogP contribution in [0.15, 0.2) is 0 Å². The van der Waals surface area contributed by atoms with Crippen LogP contribution >= 0.6 is 22.6 Å². The lowest BCUT2D eigenvalue weighted by atomic mass is 10.6. The average molecular weight is 229 g/mol. The topological polar surface area (TPSA) is 21.3 Å². The van der Waals surface area contributed by atoms with E-state index in [-0.39, 0.29) is 0 Å². The van der Waals surface area contributed by atoms with Gasteiger partial charge in [-0.05, 0) is 6.92 Å². The van der Waals surface area contributed by atoms with Crippen LogP contribution in [-0.4, -0.2) is 24.3 Å². The number of hydrogen-bond donors (Lipinski definition) is 1. The summed E-state index contributed by atoms with van der Waals surface area (Å²) in [6.07, 6.45) is 0. The minimum atomic E-state index is 0.544. The molecule has 1 atom stereocenters. The smallest absolute Gasteiger partial charge is 0.0587 e. The number of rotatable bonds is 4. The maximum Gasteiger partial charge on any atom is 0.0587 e. The Morgan fingerprint density at radius 3 is 2.75 bits per heavy atom. The van der Waals surface area contributed by atoms with Crippen LogP contribution < -0.4 is 5.32 Å². The van der Waals surface area contributed by atoms with E-state index in [2.05, 4.69) is 34.8 Å². The van der Waals surface area contributed by atoms with Crippen LogP contribution in [0.4, 0.5) is 0 Å². The van der Waals surface area contributed by atoms with Crippen molar-refractivity contribution in [3.8, 4) is 0 Å². The monoisotopic (exact) mass is 229 g/mol. The Morgan fingerprint density at radius 2 is 2.38 bits per heavy atom. The first-order valence-electron chi connectivity index (χ1n) is 2.63. The molecule has 0 spiro atoms. The molecule has 3 heteroatoms. The highest BCUT2D eigenvalue weighted by atomic mass is 127. The number of halogens is 1. The van der Waals surface area contributed by atoms with Gasteiger partial charge in [-0.2, -0.15) is 0 Å². The number of hydrogen-bond acceptors (Lipinski definition) is 2. The van der Waals surface area contributed by atoms with E-state index in [9.17, 15) is 0 Å². The fourth-order valence-corrected chi connectivity index (χ4v) is 0.671. The van der Waals surface area contributed by atoms with Crippen molar-refractivity contribution in [1.29, 1.82) is 0 Å². The van der Waals surface area contributed by atoms with Crippen molar-refractivity contribution >= 4 is 22.6 Å². The number of ether oxygens (including phenoxy) is 1. The van der Waals surface area contributed by atoms with Crippen molar-refractivity contribution in [3.63, 3.8) is 0 Å². The molecule has 0 aliphatic rings. The molecule has 0 aromatic heterocycles. The van der Waals surface area contributed by atoms with Crippen molar-refractivity contribution in [3.05, 3.63) is 0 Å². The second kappa shape index (κ2) is 5.78. The van der Waals surface area contributed by atoms with Gasteiger partial charge in [0, 0.05) is 13.7 Å². The molecule has 1 N–H and O–H groups in total. The first kappa shape index (κ1) is 8.65. The molecule has 50 valence electrons. The Hall–Kier alpha value is 0.650. The van der Waals surface area contributed by atoms with Gasteiger partial charge in [0.15, 0.2) is 0 Å². The van der Waals surface area contributed by atoms with Crippen molar-refractivity contribution in [2.24, 2.45) is 0 Å². The maximum absolute atomic E-state index is 4.83. The van der Waals surface area contributed by atoms with Crippen LogP contribution in [0.25, 0.3) is 0 Å². The van der Waals surface area contributed by atoms with E-state index in [0.29, 0.717) is 4.05 Å². The van der Waals surface area contributed by atoms with Crippen LogP contribution in [0, 0.1) is 0 Å². The van der Waals surface area contributed by atoms with E-state index < -0.39 is 0 Å². The molecular weight excluding hydrogens is 217 g/mol. The molecule has 0 aliphatic heterocycles. The summed E-state index contributed by atoms with van der Waals surface area (Å²) in [7, 11) is 1.71. The average Bonchev–Trinajstić information content (AvgIpc) is 1.66. The summed E-state index contributed by atoms with van der Waals surface area (Å²) in [5.41, 5.74) is 0. The summed E-state index contributed by atoms with van der Waals surface area (Å²) in [5.74, 6) is 0. The lowest BCUT2D eigenvalue weighted by Crippen LogP contribution is -2.23. The number of alkyl halides is 1. The normalized spacial score (nSPS) is 13.9. The highest BCUT2D eigenvalue weighted by Crippen LogP contribution is 1.89. The standard InChI is InChI=1S/C5H12INO/c1-5(6)7-3-4-8-2/h5,7H,3-4H2,1-2H3. The fourth-order valence-electron chi connectivity index (χ4n) is 0.360. The minimum Gasteiger partial charge on any atom is -0.383 e. The molecule has 0 saturated heterocycles. The zero-order valence-electron chi connectivity index (χ0n) is 5.28. The molecular formula is C5H12INO. The molecule has 1 unspecified atom stereocenters. The van der Waals surface area contributed by atoms with Crippen LogP contribution in [0.3, 0.4) is 0 Å². The predicted octanol–water partition coefficient (Wildman–Crippen LogP) is 1.00. The molecule has 0 fully saturated rings. The van der Waals surface area contributed by atoms with Crippen molar-refractivity contribution in [2.45, 2.75) is 11.0 Å². The zero-order chi connectivity index (χ0) is 6.41. The Morgan fingerprint density at radius 1 is 1.75 bits per heavy atom. The van der Waals surface area contributed by atoms with Crippen molar-refractivity contribution < 1.29 is 4.74 Å². The first-order valence-corrected chi connectivity index (χ1v) is 3.88. The minimum absolute atomic E-state index is 0.544. The van der Waals surface area contributed by atoms with Crippen LogP contribution in [0.5, 0.6) is 0 Å². The third-order valence-corrected chi connectivity index (χ3v) is 1.17. The Labute approximate surface area is 64.1 Å². The SMILES string of the molecule is COCCNC(C)I. The van der Waals surface area contributed by atoms with Gasteiger partial charge in [0.25, 0.3) is 0 Å². The first-order chi connectivity index (χ1) is 3.77. The summed E-state index contributed by atoms with van der Waals surface area (Å²) in [5, 5.41) is 3.21. The molecule has 0 bridgehead atoms. The molecule has 0 aliphatic carbocycles. The number of methoxy groups -OCH3 is 1. The molecule has 0 saturated carbocycles. The largest absolute Gasteiger partial charge is 0.383 e. The summed E-state index contributed by atoms with van der Waals surface area (Å²) in [6.45, 7) is 3.85. The maximum atomic E-state index is 4.83. The third kappa shape index (κ3) is 6.65. The fraction of sp³-hybridized carbons (Fsp3) is 1.00. The molecule has 0 amide bonds. The molecule has 0 heterocycles. The number of nitrogens with one attached hydrogen (secondary N) is 1. The van der Waals surface area contributed by atoms with E-state index in [4.69, 9.17) is 4.74 Å². The molecule has 0 aromatic rings. The third-order valence-electron chi connectivity index (χ3n) is 0.732. The van der Waals surface area contributed by atoms with E-state index in [0.717, 1.165) is 13.2 Å². The lowest BCUT2D eigenvalue weighted by molar-refractivity contribution is 0.199. The Kier molecular flexibility index (Phi) is 6.25. The van der Waals surface area contributed by atoms with Gasteiger partial charge in [0.05, 0.1) is 10.7 Å². The Bertz CT molecular complexity index is 49.7. The van der Waals surface area contributed by atoms with E-state index in [1.807, 2.05) is 0 Å². The highest BCUT2D eigenvalue weighted by Gasteiger charge is 1.89. The van der Waals surface area contributed by atoms with Crippen LogP contribution in [-0.2, 0) is 4.74 Å². The van der Waals surface area contributed by atoms with Crippen LogP contribution in [0.2, 0.25) is 0 Å². The van der Waals surface area contributed by atoms with Gasteiger partial charge < -0.3 is 10.1 Å². The van der Waals surface area contributed by atoms with Gasteiger partial charge in [-0.3, -0.25) is 0 Å². The molecule has 0 aromatic carbocycles. The van der Waals surface area contributed by atoms with Gasteiger partial charge in [-0.25, -0.2) is 0 Å². The predicted molar refractivity (Wildman–Crippen MR) is 43.4 cm³/mol. The summed E-state index contributed by atoms with van der Waals surface area (Å²) in [4.78, 5) is 0. The summed E-state index contributed by atoms with van der Waals surface area (Å²) >= 11 is 2.32. The van der Waals surface area contributed by atoms with Gasteiger partial charge in [0.1, 0.15) is 0 Å². The van der Waals surface area contributed by atoms with Gasteiger partial charge in [0.2, 0.25) is 0 Å². The lowest BCUT2D eigenvalue weighted by Gasteiger charge is -2.03. The second-order valence-electron chi connectivity index (χ2n) is 1.56. The van der Waals surface area contributed by atoms with E-state index in [1.54, 1.807) is 7.11 Å².